The molecule has 0 aliphatic heterocycles. The van der Waals surface area contributed by atoms with Crippen molar-refractivity contribution in [2.75, 3.05) is 0 Å². The van der Waals surface area contributed by atoms with Crippen molar-refractivity contribution in [3.05, 3.63) is 69.7 Å². The molecular weight excluding hydrogens is 443 g/mol. The summed E-state index contributed by atoms with van der Waals surface area (Å²) in [7, 11) is 0. The topological polar surface area (TPSA) is 105 Å². The number of nitrogens with one attached hydrogen (secondary N) is 2. The molecule has 0 aliphatic carbocycles. The van der Waals surface area contributed by atoms with Crippen molar-refractivity contribution < 1.29 is 24.2 Å². The summed E-state index contributed by atoms with van der Waals surface area (Å²) in [6, 6.07) is 11.6. The lowest BCUT2D eigenvalue weighted by Crippen LogP contribution is -2.54. The number of rotatable bonds is 9. The lowest BCUT2D eigenvalue weighted by molar-refractivity contribution is -0.142. The number of carbonyl (C=O) groups is 3. The molecule has 0 fully saturated rings. The summed E-state index contributed by atoms with van der Waals surface area (Å²) in [5, 5.41) is 15.1. The van der Waals surface area contributed by atoms with Crippen LogP contribution in [0.5, 0.6) is 0 Å². The summed E-state index contributed by atoms with van der Waals surface area (Å²) < 4.78 is 5.16. The first kappa shape index (κ1) is 24.5. The molecule has 2 rings (SSSR count). The van der Waals surface area contributed by atoms with E-state index in [1.807, 2.05) is 18.2 Å². The lowest BCUT2D eigenvalue weighted by Gasteiger charge is -2.24. The average molecular weight is 467 g/mol. The fraction of sp³-hybridized carbons (Fsp3) is 0.318. The van der Waals surface area contributed by atoms with E-state index >= 15 is 0 Å². The molecule has 0 spiro atoms. The predicted molar refractivity (Wildman–Crippen MR) is 118 cm³/mol. The van der Waals surface area contributed by atoms with Gasteiger partial charge in [-0.15, -0.1) is 0 Å². The van der Waals surface area contributed by atoms with Crippen molar-refractivity contribution in [1.29, 1.82) is 0 Å². The zero-order valence-electron chi connectivity index (χ0n) is 17.1. The number of carboxylic acid groups (broad SMARTS) is 1. The molecule has 7 nitrogen and oxygen atoms in total. The van der Waals surface area contributed by atoms with Gasteiger partial charge >= 0.3 is 12.1 Å². The van der Waals surface area contributed by atoms with Crippen LogP contribution >= 0.6 is 23.2 Å². The molecule has 2 aromatic rings. The van der Waals surface area contributed by atoms with Gasteiger partial charge in [0.1, 0.15) is 18.7 Å². The van der Waals surface area contributed by atoms with E-state index in [-0.39, 0.29) is 18.9 Å². The highest BCUT2D eigenvalue weighted by atomic mass is 35.5. The molecule has 0 aliphatic rings. The molecule has 0 saturated heterocycles. The van der Waals surface area contributed by atoms with E-state index in [0.717, 1.165) is 5.56 Å². The first-order chi connectivity index (χ1) is 14.7. The molecule has 9 heteroatoms. The Morgan fingerprint density at radius 3 is 2.13 bits per heavy atom. The molecule has 0 aromatic heterocycles. The van der Waals surface area contributed by atoms with Gasteiger partial charge < -0.3 is 20.5 Å². The van der Waals surface area contributed by atoms with E-state index in [1.165, 1.54) is 0 Å². The van der Waals surface area contributed by atoms with E-state index in [4.69, 9.17) is 27.9 Å². The van der Waals surface area contributed by atoms with Crippen LogP contribution in [0.4, 0.5) is 4.79 Å². The highest BCUT2D eigenvalue weighted by Crippen LogP contribution is 2.25. The largest absolute Gasteiger partial charge is 0.480 e. The van der Waals surface area contributed by atoms with Crippen molar-refractivity contribution in [1.82, 2.24) is 10.6 Å². The third-order valence-corrected chi connectivity index (χ3v) is 5.23. The zero-order valence-corrected chi connectivity index (χ0v) is 18.6. The van der Waals surface area contributed by atoms with Gasteiger partial charge in [-0.05, 0) is 29.2 Å². The lowest BCUT2D eigenvalue weighted by atomic mass is 10.0. The Morgan fingerprint density at radius 2 is 1.58 bits per heavy atom. The van der Waals surface area contributed by atoms with Crippen molar-refractivity contribution in [2.24, 2.45) is 5.92 Å². The molecule has 0 heterocycles. The SMILES string of the molecule is CC(C)[C@@H](NC(=O)OCc1ccccc1)C(=O)N[C@@H](Cc1c(Cl)cccc1Cl)C(=O)O. The molecule has 0 bridgehead atoms. The molecule has 0 radical (unpaired) electrons. The van der Waals surface area contributed by atoms with Crippen LogP contribution in [0.15, 0.2) is 48.5 Å². The maximum Gasteiger partial charge on any atom is 0.408 e. The van der Waals surface area contributed by atoms with E-state index in [1.54, 1.807) is 44.2 Å². The molecule has 166 valence electrons. The number of halogens is 2. The minimum atomic E-state index is -1.28. The Morgan fingerprint density at radius 1 is 0.968 bits per heavy atom. The number of benzene rings is 2. The van der Waals surface area contributed by atoms with Crippen molar-refractivity contribution in [3.8, 4) is 0 Å². The second-order valence-electron chi connectivity index (χ2n) is 7.23. The fourth-order valence-corrected chi connectivity index (χ4v) is 3.37. The minimum Gasteiger partial charge on any atom is -0.480 e. The summed E-state index contributed by atoms with van der Waals surface area (Å²) >= 11 is 12.2. The van der Waals surface area contributed by atoms with Crippen LogP contribution in [-0.4, -0.2) is 35.2 Å². The summed E-state index contributed by atoms with van der Waals surface area (Å²) in [5.41, 5.74) is 1.21. The number of aliphatic carboxylic acids is 1. The second-order valence-corrected chi connectivity index (χ2v) is 8.05. The Bertz CT molecular complexity index is 901. The highest BCUT2D eigenvalue weighted by molar-refractivity contribution is 6.36. The molecule has 2 amide bonds. The van der Waals surface area contributed by atoms with Gasteiger partial charge in [0, 0.05) is 16.5 Å². The van der Waals surface area contributed by atoms with Gasteiger partial charge in [0.25, 0.3) is 0 Å². The zero-order chi connectivity index (χ0) is 23.0. The molecule has 2 aromatic carbocycles. The van der Waals surface area contributed by atoms with E-state index in [9.17, 15) is 19.5 Å². The number of hydrogen-bond acceptors (Lipinski definition) is 4. The van der Waals surface area contributed by atoms with Gasteiger partial charge in [0.2, 0.25) is 5.91 Å². The van der Waals surface area contributed by atoms with Crippen molar-refractivity contribution in [2.45, 2.75) is 39.0 Å². The van der Waals surface area contributed by atoms with Gasteiger partial charge in [-0.2, -0.15) is 0 Å². The first-order valence-corrected chi connectivity index (χ1v) is 10.4. The number of carbonyl (C=O) groups excluding carboxylic acids is 2. The number of alkyl carbamates (subject to hydrolysis) is 1. The maximum atomic E-state index is 12.8. The summed E-state index contributed by atoms with van der Waals surface area (Å²) in [5.74, 6) is -2.22. The summed E-state index contributed by atoms with van der Waals surface area (Å²) in [6.07, 6.45) is -0.887. The van der Waals surface area contributed by atoms with Gasteiger partial charge in [0.15, 0.2) is 0 Å². The number of hydrogen-bond donors (Lipinski definition) is 3. The second kappa shape index (κ2) is 11.6. The summed E-state index contributed by atoms with van der Waals surface area (Å²) in [6.45, 7) is 3.49. The van der Waals surface area contributed by atoms with E-state index < -0.39 is 30.1 Å². The van der Waals surface area contributed by atoms with Gasteiger partial charge in [-0.3, -0.25) is 4.79 Å². The fourth-order valence-electron chi connectivity index (χ4n) is 2.82. The standard InChI is InChI=1S/C22H24Cl2N2O5/c1-13(2)19(26-22(30)31-12-14-7-4-3-5-8-14)20(27)25-18(21(28)29)11-15-16(23)9-6-10-17(15)24/h3-10,13,18-19H,11-12H2,1-2H3,(H,25,27)(H,26,30)(H,28,29)/t18-,19+/m0/s1. The van der Waals surface area contributed by atoms with Crippen molar-refractivity contribution in [3.63, 3.8) is 0 Å². The monoisotopic (exact) mass is 466 g/mol. The Balaban J connectivity index is 2.03. The maximum absolute atomic E-state index is 12.8. The highest BCUT2D eigenvalue weighted by Gasteiger charge is 2.30. The van der Waals surface area contributed by atoms with Crippen LogP contribution in [0, 0.1) is 5.92 Å². The minimum absolute atomic E-state index is 0.0435. The third kappa shape index (κ3) is 7.45. The molecule has 2 atom stereocenters. The molecule has 31 heavy (non-hydrogen) atoms. The van der Waals surface area contributed by atoms with Gasteiger partial charge in [0.05, 0.1) is 0 Å². The van der Waals surface area contributed by atoms with Crippen LogP contribution in [-0.2, 0) is 27.4 Å². The smallest absolute Gasteiger partial charge is 0.408 e. The number of ether oxygens (including phenoxy) is 1. The van der Waals surface area contributed by atoms with Crippen LogP contribution < -0.4 is 10.6 Å². The third-order valence-electron chi connectivity index (χ3n) is 4.52. The van der Waals surface area contributed by atoms with E-state index in [2.05, 4.69) is 10.6 Å². The van der Waals surface area contributed by atoms with Crippen LogP contribution in [0.2, 0.25) is 10.0 Å². The molecule has 0 unspecified atom stereocenters. The van der Waals surface area contributed by atoms with Gasteiger partial charge in [-0.1, -0.05) is 73.4 Å². The number of amides is 2. The Labute approximate surface area is 190 Å². The van der Waals surface area contributed by atoms with Crippen LogP contribution in [0.1, 0.15) is 25.0 Å². The normalized spacial score (nSPS) is 12.7. The van der Waals surface area contributed by atoms with Crippen molar-refractivity contribution >= 4 is 41.2 Å². The Kier molecular flexibility index (Phi) is 9.15. The molecule has 0 saturated carbocycles. The first-order valence-electron chi connectivity index (χ1n) is 9.62. The van der Waals surface area contributed by atoms with Crippen LogP contribution in [0.3, 0.4) is 0 Å². The average Bonchev–Trinajstić information content (AvgIpc) is 2.72. The Hall–Kier alpha value is -2.77. The quantitative estimate of drug-likeness (QED) is 0.516. The molecule has 3 N–H and O–H groups in total. The number of carboxylic acids is 1. The van der Waals surface area contributed by atoms with E-state index in [0.29, 0.717) is 15.6 Å². The van der Waals surface area contributed by atoms with Crippen LogP contribution in [0.25, 0.3) is 0 Å². The predicted octanol–water partition coefficient (Wildman–Crippen LogP) is 4.06. The summed E-state index contributed by atoms with van der Waals surface area (Å²) in [4.78, 5) is 36.7. The molecular formula is C22H24Cl2N2O5. The van der Waals surface area contributed by atoms with Gasteiger partial charge in [-0.25, -0.2) is 9.59 Å².